The van der Waals surface area contributed by atoms with Crippen LogP contribution in [0.5, 0.6) is 0 Å². The molecular weight excluding hydrogens is 148 g/mol. The molecular formula is C11H20O. The van der Waals surface area contributed by atoms with Crippen molar-refractivity contribution >= 4 is 0 Å². The lowest BCUT2D eigenvalue weighted by atomic mass is 9.80. The first-order valence-electron chi connectivity index (χ1n) is 4.97. The molecule has 12 heavy (non-hydrogen) atoms. The van der Waals surface area contributed by atoms with E-state index < -0.39 is 5.60 Å². The van der Waals surface area contributed by atoms with Crippen LogP contribution in [0.2, 0.25) is 0 Å². The Hall–Kier alpha value is -0.300. The summed E-state index contributed by atoms with van der Waals surface area (Å²) >= 11 is 0. The summed E-state index contributed by atoms with van der Waals surface area (Å²) in [6.45, 7) is 6.10. The monoisotopic (exact) mass is 168 g/mol. The lowest BCUT2D eigenvalue weighted by Gasteiger charge is -2.32. The third-order valence-electron chi connectivity index (χ3n) is 3.07. The Morgan fingerprint density at radius 3 is 2.50 bits per heavy atom. The van der Waals surface area contributed by atoms with E-state index in [1.165, 1.54) is 18.4 Å². The van der Waals surface area contributed by atoms with Gasteiger partial charge in [0, 0.05) is 0 Å². The number of rotatable bonds is 2. The van der Waals surface area contributed by atoms with Gasteiger partial charge in [-0.1, -0.05) is 19.9 Å². The van der Waals surface area contributed by atoms with Crippen molar-refractivity contribution < 1.29 is 5.11 Å². The Bertz CT molecular complexity index is 177. The standard InChI is InChI=1S/C11H20O/c1-9(2)11(3,12)10-7-5-4-6-8-10/h7,9,12H,4-6,8H2,1-3H3. The maximum atomic E-state index is 10.1. The molecule has 0 saturated heterocycles. The fraction of sp³-hybridized carbons (Fsp3) is 0.818. The van der Waals surface area contributed by atoms with Crippen LogP contribution in [0.25, 0.3) is 0 Å². The SMILES string of the molecule is CC(C)C(C)(O)C1=CCCCC1. The second-order valence-electron chi connectivity index (χ2n) is 4.28. The smallest absolute Gasteiger partial charge is 0.0851 e. The molecule has 1 aliphatic rings. The second-order valence-corrected chi connectivity index (χ2v) is 4.28. The zero-order valence-corrected chi connectivity index (χ0v) is 8.43. The van der Waals surface area contributed by atoms with Crippen LogP contribution >= 0.6 is 0 Å². The molecule has 70 valence electrons. The maximum absolute atomic E-state index is 10.1. The summed E-state index contributed by atoms with van der Waals surface area (Å²) in [5.41, 5.74) is 0.684. The summed E-state index contributed by atoms with van der Waals surface area (Å²) in [5, 5.41) is 10.1. The van der Waals surface area contributed by atoms with E-state index in [2.05, 4.69) is 19.9 Å². The molecule has 0 spiro atoms. The van der Waals surface area contributed by atoms with Gasteiger partial charge in [0.25, 0.3) is 0 Å². The summed E-state index contributed by atoms with van der Waals surface area (Å²) in [6.07, 6.45) is 7.00. The van der Waals surface area contributed by atoms with Gasteiger partial charge in [0.15, 0.2) is 0 Å². The van der Waals surface area contributed by atoms with Gasteiger partial charge in [0.2, 0.25) is 0 Å². The summed E-state index contributed by atoms with van der Waals surface area (Å²) in [5.74, 6) is 0.321. The van der Waals surface area contributed by atoms with Crippen molar-refractivity contribution in [3.63, 3.8) is 0 Å². The lowest BCUT2D eigenvalue weighted by Crippen LogP contribution is -2.34. The fourth-order valence-electron chi connectivity index (χ4n) is 1.67. The van der Waals surface area contributed by atoms with Crippen molar-refractivity contribution in [2.45, 2.75) is 52.1 Å². The summed E-state index contributed by atoms with van der Waals surface area (Å²) in [4.78, 5) is 0. The van der Waals surface area contributed by atoms with E-state index in [-0.39, 0.29) is 0 Å². The van der Waals surface area contributed by atoms with Crippen LogP contribution in [0.1, 0.15) is 46.5 Å². The molecule has 0 bridgehead atoms. The summed E-state index contributed by atoms with van der Waals surface area (Å²) < 4.78 is 0. The minimum absolute atomic E-state index is 0.321. The minimum Gasteiger partial charge on any atom is -0.386 e. The van der Waals surface area contributed by atoms with Gasteiger partial charge >= 0.3 is 0 Å². The highest BCUT2D eigenvalue weighted by atomic mass is 16.3. The predicted molar refractivity (Wildman–Crippen MR) is 52.0 cm³/mol. The molecule has 0 aromatic heterocycles. The molecule has 0 aliphatic heterocycles. The highest BCUT2D eigenvalue weighted by Crippen LogP contribution is 2.32. The molecule has 0 aromatic rings. The number of aliphatic hydroxyl groups is 1. The van der Waals surface area contributed by atoms with E-state index in [1.54, 1.807) is 0 Å². The first-order valence-corrected chi connectivity index (χ1v) is 4.97. The van der Waals surface area contributed by atoms with E-state index >= 15 is 0 Å². The molecule has 1 N–H and O–H groups in total. The Kier molecular flexibility index (Phi) is 2.94. The Balaban J connectivity index is 2.72. The van der Waals surface area contributed by atoms with Gasteiger partial charge in [0.05, 0.1) is 5.60 Å². The van der Waals surface area contributed by atoms with E-state index in [0.29, 0.717) is 5.92 Å². The van der Waals surface area contributed by atoms with Crippen LogP contribution in [-0.2, 0) is 0 Å². The van der Waals surface area contributed by atoms with Crippen LogP contribution in [0, 0.1) is 5.92 Å². The van der Waals surface area contributed by atoms with Crippen LogP contribution in [0.15, 0.2) is 11.6 Å². The predicted octanol–water partition coefficient (Wildman–Crippen LogP) is 2.89. The Morgan fingerprint density at radius 1 is 1.42 bits per heavy atom. The third-order valence-corrected chi connectivity index (χ3v) is 3.07. The van der Waals surface area contributed by atoms with E-state index in [4.69, 9.17) is 0 Å². The van der Waals surface area contributed by atoms with E-state index in [0.717, 1.165) is 12.8 Å². The first-order chi connectivity index (χ1) is 5.55. The summed E-state index contributed by atoms with van der Waals surface area (Å²) in [6, 6.07) is 0. The molecule has 1 rings (SSSR count). The summed E-state index contributed by atoms with van der Waals surface area (Å²) in [7, 11) is 0. The van der Waals surface area contributed by atoms with Gasteiger partial charge in [-0.05, 0) is 44.1 Å². The van der Waals surface area contributed by atoms with Crippen molar-refractivity contribution in [2.75, 3.05) is 0 Å². The average Bonchev–Trinajstić information content (AvgIpc) is 2.06. The van der Waals surface area contributed by atoms with Gasteiger partial charge in [-0.3, -0.25) is 0 Å². The van der Waals surface area contributed by atoms with E-state index in [9.17, 15) is 5.11 Å². The van der Waals surface area contributed by atoms with Crippen LogP contribution in [0.3, 0.4) is 0 Å². The van der Waals surface area contributed by atoms with E-state index in [1.807, 2.05) is 6.92 Å². The molecule has 1 aliphatic carbocycles. The minimum atomic E-state index is -0.569. The van der Waals surface area contributed by atoms with Gasteiger partial charge in [0.1, 0.15) is 0 Å². The number of hydrogen-bond donors (Lipinski definition) is 1. The molecule has 1 heteroatoms. The molecule has 1 atom stereocenters. The molecule has 1 nitrogen and oxygen atoms in total. The highest BCUT2D eigenvalue weighted by Gasteiger charge is 2.29. The molecule has 0 saturated carbocycles. The van der Waals surface area contributed by atoms with Gasteiger partial charge in [-0.25, -0.2) is 0 Å². The van der Waals surface area contributed by atoms with Crippen molar-refractivity contribution in [3.05, 3.63) is 11.6 Å². The second kappa shape index (κ2) is 3.61. The number of allylic oxidation sites excluding steroid dienone is 1. The van der Waals surface area contributed by atoms with Gasteiger partial charge in [-0.15, -0.1) is 0 Å². The van der Waals surface area contributed by atoms with Crippen LogP contribution in [0.4, 0.5) is 0 Å². The fourth-order valence-corrected chi connectivity index (χ4v) is 1.67. The third kappa shape index (κ3) is 1.89. The largest absolute Gasteiger partial charge is 0.386 e. The zero-order chi connectivity index (χ0) is 9.19. The number of hydrogen-bond acceptors (Lipinski definition) is 1. The highest BCUT2D eigenvalue weighted by molar-refractivity contribution is 5.17. The van der Waals surface area contributed by atoms with Crippen molar-refractivity contribution in [1.82, 2.24) is 0 Å². The van der Waals surface area contributed by atoms with Crippen molar-refractivity contribution in [1.29, 1.82) is 0 Å². The van der Waals surface area contributed by atoms with Crippen LogP contribution in [-0.4, -0.2) is 10.7 Å². The van der Waals surface area contributed by atoms with Crippen molar-refractivity contribution in [3.8, 4) is 0 Å². The molecule has 0 radical (unpaired) electrons. The molecule has 0 aromatic carbocycles. The molecule has 1 unspecified atom stereocenters. The lowest BCUT2D eigenvalue weighted by molar-refractivity contribution is 0.0454. The molecule has 0 heterocycles. The van der Waals surface area contributed by atoms with Crippen molar-refractivity contribution in [2.24, 2.45) is 5.92 Å². The topological polar surface area (TPSA) is 20.2 Å². The Morgan fingerprint density at radius 2 is 2.08 bits per heavy atom. The quantitative estimate of drug-likeness (QED) is 0.629. The normalized spacial score (nSPS) is 23.6. The van der Waals surface area contributed by atoms with Gasteiger partial charge < -0.3 is 5.11 Å². The Labute approximate surface area is 75.5 Å². The zero-order valence-electron chi connectivity index (χ0n) is 8.43. The maximum Gasteiger partial charge on any atom is 0.0851 e. The average molecular weight is 168 g/mol. The first kappa shape index (κ1) is 9.79. The molecule has 0 fully saturated rings. The molecule has 0 amide bonds. The van der Waals surface area contributed by atoms with Crippen LogP contribution < -0.4 is 0 Å². The van der Waals surface area contributed by atoms with Gasteiger partial charge in [-0.2, -0.15) is 0 Å².